The third-order valence-corrected chi connectivity index (χ3v) is 5.57. The molecule has 0 amide bonds. The van der Waals surface area contributed by atoms with Crippen molar-refractivity contribution in [2.75, 3.05) is 0 Å². The summed E-state index contributed by atoms with van der Waals surface area (Å²) in [5.74, 6) is 0.743. The highest BCUT2D eigenvalue weighted by atomic mass is 16.3. The summed E-state index contributed by atoms with van der Waals surface area (Å²) in [6.45, 7) is 6.32. The normalized spacial score (nSPS) is 12.5. The van der Waals surface area contributed by atoms with E-state index in [2.05, 4.69) is 62.2 Å². The molecule has 6 rings (SSSR count). The Hall–Kier alpha value is -3.66. The Morgan fingerprint density at radius 3 is 2.47 bits per heavy atom. The van der Waals surface area contributed by atoms with E-state index in [0.717, 1.165) is 61.0 Å². The number of hydrogen-bond donors (Lipinski definition) is 0. The van der Waals surface area contributed by atoms with E-state index < -0.39 is 0 Å². The van der Waals surface area contributed by atoms with Gasteiger partial charge in [-0.1, -0.05) is 45.0 Å². The summed E-state index contributed by atoms with van der Waals surface area (Å²) in [6.07, 6.45) is 1.80. The zero-order valence-electron chi connectivity index (χ0n) is 17.1. The standard InChI is InChI=1S/C26H20N2O2/c1-26(2,3)25-28-23-18-14-22-19(13-15(18)10-11-21(23)30-25)16-7-6-8-17(24(16)29-22)20-9-4-5-12-27-20/h4-14H,1-3H3. The number of pyridine rings is 1. The van der Waals surface area contributed by atoms with Crippen LogP contribution in [0.4, 0.5) is 0 Å². The van der Waals surface area contributed by atoms with E-state index in [4.69, 9.17) is 13.8 Å². The van der Waals surface area contributed by atoms with Crippen molar-refractivity contribution < 1.29 is 8.83 Å². The van der Waals surface area contributed by atoms with Gasteiger partial charge in [0.25, 0.3) is 0 Å². The number of hydrogen-bond acceptors (Lipinski definition) is 4. The van der Waals surface area contributed by atoms with Crippen molar-refractivity contribution in [3.8, 4) is 11.3 Å². The smallest absolute Gasteiger partial charge is 0.200 e. The Morgan fingerprint density at radius 1 is 0.767 bits per heavy atom. The van der Waals surface area contributed by atoms with Crippen LogP contribution in [0, 0.1) is 0 Å². The maximum atomic E-state index is 6.37. The van der Waals surface area contributed by atoms with Crippen molar-refractivity contribution >= 4 is 43.8 Å². The number of oxazole rings is 1. The van der Waals surface area contributed by atoms with Gasteiger partial charge in [-0.2, -0.15) is 0 Å². The molecule has 3 heterocycles. The van der Waals surface area contributed by atoms with E-state index >= 15 is 0 Å². The van der Waals surface area contributed by atoms with E-state index in [9.17, 15) is 0 Å². The van der Waals surface area contributed by atoms with Gasteiger partial charge in [-0.15, -0.1) is 0 Å². The summed E-state index contributed by atoms with van der Waals surface area (Å²) in [4.78, 5) is 9.33. The molecule has 4 nitrogen and oxygen atoms in total. The number of fused-ring (bicyclic) bond motifs is 6. The quantitative estimate of drug-likeness (QED) is 0.296. The van der Waals surface area contributed by atoms with Gasteiger partial charge in [0.2, 0.25) is 5.89 Å². The first-order valence-electron chi connectivity index (χ1n) is 10.1. The highest BCUT2D eigenvalue weighted by Gasteiger charge is 2.22. The molecule has 0 aliphatic heterocycles. The Labute approximate surface area is 173 Å². The van der Waals surface area contributed by atoms with E-state index in [1.54, 1.807) is 6.20 Å². The first-order valence-corrected chi connectivity index (χ1v) is 10.1. The molecule has 6 aromatic rings. The number of nitrogens with zero attached hydrogens (tertiary/aromatic N) is 2. The molecule has 0 fully saturated rings. The second kappa shape index (κ2) is 5.92. The Kier molecular flexibility index (Phi) is 3.40. The van der Waals surface area contributed by atoms with E-state index in [0.29, 0.717) is 0 Å². The number of aromatic nitrogens is 2. The Bertz CT molecular complexity index is 1570. The fraction of sp³-hybridized carbons (Fsp3) is 0.154. The van der Waals surface area contributed by atoms with Gasteiger partial charge < -0.3 is 8.83 Å². The summed E-state index contributed by atoms with van der Waals surface area (Å²) in [5, 5.41) is 4.34. The van der Waals surface area contributed by atoms with Crippen LogP contribution >= 0.6 is 0 Å². The van der Waals surface area contributed by atoms with Crippen LogP contribution in [0.5, 0.6) is 0 Å². The van der Waals surface area contributed by atoms with Crippen LogP contribution in [0.1, 0.15) is 26.7 Å². The summed E-state index contributed by atoms with van der Waals surface area (Å²) in [5.41, 5.74) is 5.13. The van der Waals surface area contributed by atoms with Crippen LogP contribution < -0.4 is 0 Å². The predicted octanol–water partition coefficient (Wildman–Crippen LogP) is 7.24. The highest BCUT2D eigenvalue weighted by molar-refractivity contribution is 6.16. The third-order valence-electron chi connectivity index (χ3n) is 5.57. The topological polar surface area (TPSA) is 52.1 Å². The summed E-state index contributed by atoms with van der Waals surface area (Å²) < 4.78 is 12.4. The van der Waals surface area contributed by atoms with Gasteiger partial charge in [-0.05, 0) is 41.8 Å². The maximum Gasteiger partial charge on any atom is 0.200 e. The number of furan rings is 1. The van der Waals surface area contributed by atoms with Crippen molar-refractivity contribution in [2.45, 2.75) is 26.2 Å². The minimum absolute atomic E-state index is 0.146. The third kappa shape index (κ3) is 2.47. The zero-order chi connectivity index (χ0) is 20.5. The summed E-state index contributed by atoms with van der Waals surface area (Å²) in [7, 11) is 0. The second-order valence-corrected chi connectivity index (χ2v) is 8.75. The minimum Gasteiger partial charge on any atom is -0.455 e. The lowest BCUT2D eigenvalue weighted by atomic mass is 9.97. The molecular weight excluding hydrogens is 372 g/mol. The molecule has 3 aromatic heterocycles. The second-order valence-electron chi connectivity index (χ2n) is 8.75. The van der Waals surface area contributed by atoms with Gasteiger partial charge in [0.15, 0.2) is 5.58 Å². The lowest BCUT2D eigenvalue weighted by Crippen LogP contribution is -2.10. The van der Waals surface area contributed by atoms with E-state index in [1.807, 2.05) is 24.3 Å². The minimum atomic E-state index is -0.146. The molecule has 0 bridgehead atoms. The number of para-hydroxylation sites is 1. The first kappa shape index (κ1) is 17.2. The molecule has 0 aliphatic rings. The van der Waals surface area contributed by atoms with E-state index in [1.165, 1.54) is 0 Å². The molecule has 0 atom stereocenters. The van der Waals surface area contributed by atoms with Gasteiger partial charge in [0.1, 0.15) is 16.7 Å². The first-order chi connectivity index (χ1) is 14.5. The van der Waals surface area contributed by atoms with Gasteiger partial charge in [-0.3, -0.25) is 4.98 Å². The van der Waals surface area contributed by atoms with Crippen LogP contribution in [0.3, 0.4) is 0 Å². The maximum absolute atomic E-state index is 6.37. The molecule has 30 heavy (non-hydrogen) atoms. The van der Waals surface area contributed by atoms with Crippen molar-refractivity contribution in [1.82, 2.24) is 9.97 Å². The van der Waals surface area contributed by atoms with Crippen LogP contribution in [0.2, 0.25) is 0 Å². The Morgan fingerprint density at radius 2 is 1.67 bits per heavy atom. The summed E-state index contributed by atoms with van der Waals surface area (Å²) >= 11 is 0. The molecule has 0 radical (unpaired) electrons. The molecule has 0 aliphatic carbocycles. The van der Waals surface area contributed by atoms with Gasteiger partial charge in [0, 0.05) is 33.3 Å². The monoisotopic (exact) mass is 392 g/mol. The zero-order valence-corrected chi connectivity index (χ0v) is 17.1. The molecule has 0 N–H and O–H groups in total. The van der Waals surface area contributed by atoms with Crippen LogP contribution in [-0.4, -0.2) is 9.97 Å². The lowest BCUT2D eigenvalue weighted by Gasteiger charge is -2.11. The van der Waals surface area contributed by atoms with Crippen molar-refractivity contribution in [3.63, 3.8) is 0 Å². The molecule has 0 unspecified atom stereocenters. The molecule has 4 heteroatoms. The molecule has 0 saturated heterocycles. The fourth-order valence-corrected chi connectivity index (χ4v) is 4.05. The van der Waals surface area contributed by atoms with Crippen LogP contribution in [0.15, 0.2) is 75.7 Å². The van der Waals surface area contributed by atoms with Crippen molar-refractivity contribution in [2.24, 2.45) is 0 Å². The van der Waals surface area contributed by atoms with Crippen LogP contribution in [0.25, 0.3) is 55.1 Å². The molecule has 0 spiro atoms. The SMILES string of the molecule is CC(C)(C)c1nc2c(ccc3cc4c(cc32)oc2c(-c3ccccn3)cccc24)o1. The largest absolute Gasteiger partial charge is 0.455 e. The number of benzene rings is 3. The molecule has 0 saturated carbocycles. The van der Waals surface area contributed by atoms with Gasteiger partial charge in [-0.25, -0.2) is 4.98 Å². The van der Waals surface area contributed by atoms with Gasteiger partial charge in [0.05, 0.1) is 5.69 Å². The van der Waals surface area contributed by atoms with Crippen LogP contribution in [-0.2, 0) is 5.41 Å². The van der Waals surface area contributed by atoms with Crippen molar-refractivity contribution in [1.29, 1.82) is 0 Å². The highest BCUT2D eigenvalue weighted by Crippen LogP contribution is 2.38. The molecule has 3 aromatic carbocycles. The van der Waals surface area contributed by atoms with Crippen molar-refractivity contribution in [3.05, 3.63) is 72.8 Å². The number of rotatable bonds is 1. The lowest BCUT2D eigenvalue weighted by molar-refractivity contribution is 0.411. The average Bonchev–Trinajstić information content (AvgIpc) is 3.34. The fourth-order valence-electron chi connectivity index (χ4n) is 4.05. The van der Waals surface area contributed by atoms with Gasteiger partial charge >= 0.3 is 0 Å². The Balaban J connectivity index is 1.67. The summed E-state index contributed by atoms with van der Waals surface area (Å²) in [6, 6.07) is 20.5. The molecular formula is C26H20N2O2. The van der Waals surface area contributed by atoms with E-state index in [-0.39, 0.29) is 5.41 Å². The molecule has 146 valence electrons. The predicted molar refractivity (Wildman–Crippen MR) is 121 cm³/mol. The average molecular weight is 392 g/mol.